The summed E-state index contributed by atoms with van der Waals surface area (Å²) in [6.07, 6.45) is 9.89. The van der Waals surface area contributed by atoms with E-state index in [1.807, 2.05) is 42.7 Å². The summed E-state index contributed by atoms with van der Waals surface area (Å²) >= 11 is 5.05. The first-order chi connectivity index (χ1) is 20.6. The molecule has 236 valence electrons. The van der Waals surface area contributed by atoms with Gasteiger partial charge in [0.15, 0.2) is 5.84 Å². The third-order valence-electron chi connectivity index (χ3n) is 7.91. The van der Waals surface area contributed by atoms with Crippen molar-refractivity contribution >= 4 is 56.9 Å². The van der Waals surface area contributed by atoms with E-state index in [4.69, 9.17) is 4.84 Å². The zero-order chi connectivity index (χ0) is 31.6. The fourth-order valence-corrected chi connectivity index (χ4v) is 6.86. The van der Waals surface area contributed by atoms with Crippen LogP contribution in [0.4, 0.5) is 8.78 Å². The number of oxime groups is 1. The topological polar surface area (TPSA) is 88.8 Å². The summed E-state index contributed by atoms with van der Waals surface area (Å²) in [4.78, 5) is 36.8. The molecule has 2 aromatic heterocycles. The van der Waals surface area contributed by atoms with Gasteiger partial charge in [-0.3, -0.25) is 9.59 Å². The van der Waals surface area contributed by atoms with Gasteiger partial charge in [0.1, 0.15) is 12.8 Å². The number of halogens is 3. The summed E-state index contributed by atoms with van der Waals surface area (Å²) < 4.78 is 28.1. The monoisotopic (exact) mass is 681 g/mol. The van der Waals surface area contributed by atoms with Gasteiger partial charge in [0.2, 0.25) is 6.41 Å². The first-order valence-electron chi connectivity index (χ1n) is 14.8. The minimum absolute atomic E-state index is 0.0684. The molecule has 1 saturated carbocycles. The third kappa shape index (κ3) is 8.29. The molecule has 43 heavy (non-hydrogen) atoms. The number of likely N-dealkylation sites (tertiary alicyclic amines) is 1. The number of carbonyl (C=O) groups excluding carboxylic acids is 2. The molecule has 2 amide bonds. The van der Waals surface area contributed by atoms with Gasteiger partial charge in [0.25, 0.3) is 11.8 Å². The van der Waals surface area contributed by atoms with Crippen molar-refractivity contribution in [1.82, 2.24) is 19.8 Å². The van der Waals surface area contributed by atoms with Gasteiger partial charge in [-0.15, -0.1) is 17.7 Å². The lowest BCUT2D eigenvalue weighted by Crippen LogP contribution is -2.46. The highest BCUT2D eigenvalue weighted by atomic mass is 79.9. The Morgan fingerprint density at radius 2 is 2.02 bits per heavy atom. The Morgan fingerprint density at radius 3 is 2.67 bits per heavy atom. The number of amidine groups is 1. The number of rotatable bonds is 11. The lowest BCUT2D eigenvalue weighted by molar-refractivity contribution is -0.108. The molecule has 1 saturated heterocycles. The molecule has 2 fully saturated rings. The number of fused-ring (bicyclic) bond motifs is 1. The van der Waals surface area contributed by atoms with Crippen LogP contribution in [0, 0.1) is 17.8 Å². The fraction of sp³-hybridized carbons (Fsp3) is 0.613. The maximum absolute atomic E-state index is 14.1. The summed E-state index contributed by atoms with van der Waals surface area (Å²) in [7, 11) is 3.38. The SMILES string of the molecule is CC.CO/N=C(\NC=O)[C@@]1(SC)CCN(C(=O)c2c(CCCCCCC#CC3CC(F)(F)C3)n(C)c3ncc(Br)cc23)C1. The van der Waals surface area contributed by atoms with Gasteiger partial charge in [0.05, 0.1) is 10.3 Å². The lowest BCUT2D eigenvalue weighted by Gasteiger charge is -2.31. The van der Waals surface area contributed by atoms with E-state index < -0.39 is 10.7 Å². The first kappa shape index (κ1) is 34.8. The molecule has 3 heterocycles. The molecule has 0 bridgehead atoms. The summed E-state index contributed by atoms with van der Waals surface area (Å²) in [6, 6.07) is 1.94. The molecule has 4 rings (SSSR count). The number of nitrogens with zero attached hydrogens (tertiary/aromatic N) is 4. The van der Waals surface area contributed by atoms with Gasteiger partial charge in [-0.25, -0.2) is 13.8 Å². The van der Waals surface area contributed by atoms with Gasteiger partial charge in [0, 0.05) is 67.1 Å². The van der Waals surface area contributed by atoms with Gasteiger partial charge >= 0.3 is 0 Å². The molecule has 2 aromatic rings. The van der Waals surface area contributed by atoms with E-state index in [1.165, 1.54) is 18.9 Å². The predicted molar refractivity (Wildman–Crippen MR) is 172 cm³/mol. The minimum atomic E-state index is -2.52. The Morgan fingerprint density at radius 1 is 1.30 bits per heavy atom. The fourth-order valence-electron chi connectivity index (χ4n) is 5.66. The van der Waals surface area contributed by atoms with Crippen molar-refractivity contribution in [3.8, 4) is 11.8 Å². The Kier molecular flexibility index (Phi) is 12.9. The summed E-state index contributed by atoms with van der Waals surface area (Å²) in [6.45, 7) is 4.90. The van der Waals surface area contributed by atoms with Crippen molar-refractivity contribution in [3.63, 3.8) is 0 Å². The van der Waals surface area contributed by atoms with Crippen molar-refractivity contribution in [2.24, 2.45) is 18.1 Å². The van der Waals surface area contributed by atoms with Crippen LogP contribution in [0.3, 0.4) is 0 Å². The smallest absolute Gasteiger partial charge is 0.256 e. The first-order valence-corrected chi connectivity index (χ1v) is 16.8. The Bertz CT molecular complexity index is 1360. The molecule has 0 spiro atoms. The van der Waals surface area contributed by atoms with E-state index in [9.17, 15) is 18.4 Å². The number of aromatic nitrogens is 2. The van der Waals surface area contributed by atoms with Crippen LogP contribution in [0.2, 0.25) is 0 Å². The number of aryl methyl sites for hydroxylation is 1. The maximum Gasteiger partial charge on any atom is 0.256 e. The molecule has 1 aliphatic heterocycles. The summed E-state index contributed by atoms with van der Waals surface area (Å²) in [5.41, 5.74) is 2.35. The molecule has 2 aliphatic rings. The molecule has 8 nitrogen and oxygen atoms in total. The van der Waals surface area contributed by atoms with Crippen LogP contribution in [-0.2, 0) is 23.1 Å². The molecule has 12 heteroatoms. The van der Waals surface area contributed by atoms with Crippen LogP contribution in [-0.4, -0.2) is 69.7 Å². The second-order valence-electron chi connectivity index (χ2n) is 10.7. The molecule has 1 aliphatic carbocycles. The predicted octanol–water partition coefficient (Wildman–Crippen LogP) is 6.56. The Hall–Kier alpha value is -2.65. The summed E-state index contributed by atoms with van der Waals surface area (Å²) in [5.74, 6) is 3.69. The lowest BCUT2D eigenvalue weighted by atomic mass is 9.82. The number of alkyl halides is 2. The van der Waals surface area contributed by atoms with E-state index >= 15 is 0 Å². The largest absolute Gasteiger partial charge is 0.398 e. The van der Waals surface area contributed by atoms with Crippen LogP contribution in [0.25, 0.3) is 11.0 Å². The van der Waals surface area contributed by atoms with Crippen LogP contribution in [0.5, 0.6) is 0 Å². The van der Waals surface area contributed by atoms with Crippen molar-refractivity contribution in [2.75, 3.05) is 26.5 Å². The number of amides is 2. The average molecular weight is 683 g/mol. The van der Waals surface area contributed by atoms with Crippen LogP contribution in [0.15, 0.2) is 21.9 Å². The number of pyridine rings is 1. The van der Waals surface area contributed by atoms with Gasteiger partial charge < -0.3 is 19.6 Å². The van der Waals surface area contributed by atoms with Crippen molar-refractivity contribution in [3.05, 3.63) is 28.0 Å². The number of thioether (sulfide) groups is 1. The second-order valence-corrected chi connectivity index (χ2v) is 12.8. The molecule has 0 unspecified atom stereocenters. The molecular weight excluding hydrogens is 640 g/mol. The van der Waals surface area contributed by atoms with E-state index in [0.29, 0.717) is 37.3 Å². The van der Waals surface area contributed by atoms with Gasteiger partial charge in [-0.2, -0.15) is 0 Å². The minimum Gasteiger partial charge on any atom is -0.398 e. The quantitative estimate of drug-likeness (QED) is 0.0725. The zero-order valence-electron chi connectivity index (χ0n) is 25.6. The van der Waals surface area contributed by atoms with Crippen LogP contribution in [0.1, 0.15) is 81.3 Å². The van der Waals surface area contributed by atoms with Crippen LogP contribution < -0.4 is 5.32 Å². The standard InChI is InChI=1S/C29H36BrF2N5O3S.C2H6/c1-36-23(11-9-7-5-4-6-8-10-20-15-29(31,32)16-20)24(22-14-21(30)17-33-25(22)36)26(39)37-13-12-28(18-37,41-3)27(34-19-38)35-40-2;1-2/h14,17,19-20H,4-7,9,11-13,15-16,18H2,1-3H3,(H,34,35,38);1-2H3/t28-;/m1./s1. The van der Waals surface area contributed by atoms with E-state index in [-0.39, 0.29) is 24.7 Å². The van der Waals surface area contributed by atoms with Crippen molar-refractivity contribution < 1.29 is 23.2 Å². The van der Waals surface area contributed by atoms with E-state index in [1.54, 1.807) is 6.20 Å². The average Bonchev–Trinajstić information content (AvgIpc) is 3.54. The number of unbranched alkanes of at least 4 members (excludes halogenated alkanes) is 4. The summed E-state index contributed by atoms with van der Waals surface area (Å²) in [5, 5.41) is 7.51. The maximum atomic E-state index is 14.1. The van der Waals surface area contributed by atoms with Crippen LogP contribution >= 0.6 is 27.7 Å². The number of nitrogens with one attached hydrogen (secondary N) is 1. The normalized spacial score (nSPS) is 19.6. The Balaban J connectivity index is 0.00000248. The molecule has 0 radical (unpaired) electrons. The third-order valence-corrected chi connectivity index (χ3v) is 9.65. The molecule has 0 aromatic carbocycles. The van der Waals surface area contributed by atoms with Crippen molar-refractivity contribution in [1.29, 1.82) is 0 Å². The second kappa shape index (κ2) is 15.9. The number of hydrogen-bond donors (Lipinski definition) is 1. The van der Waals surface area contributed by atoms with Gasteiger partial charge in [-0.1, -0.05) is 37.8 Å². The van der Waals surface area contributed by atoms with Gasteiger partial charge in [-0.05, 0) is 53.9 Å². The number of carbonyl (C=O) groups is 2. The molecular formula is C31H42BrF2N5O3S. The highest BCUT2D eigenvalue weighted by Crippen LogP contribution is 2.42. The Labute approximate surface area is 265 Å². The molecule has 1 atom stereocenters. The van der Waals surface area contributed by atoms with Crippen molar-refractivity contribution in [2.45, 2.75) is 82.3 Å². The van der Waals surface area contributed by atoms with E-state index in [2.05, 4.69) is 43.2 Å². The highest BCUT2D eigenvalue weighted by Gasteiger charge is 2.46. The highest BCUT2D eigenvalue weighted by molar-refractivity contribution is 9.10. The van der Waals surface area contributed by atoms with E-state index in [0.717, 1.165) is 59.7 Å². The number of hydrogen-bond acceptors (Lipinski definition) is 6. The molecule has 1 N–H and O–H groups in total. The zero-order valence-corrected chi connectivity index (χ0v) is 28.0.